The molecule has 0 radical (unpaired) electrons. The highest BCUT2D eigenvalue weighted by molar-refractivity contribution is 7.19. The average Bonchev–Trinajstić information content (AvgIpc) is 2.87. The SMILES string of the molecule is O=C(Cl)c1ccc(-c2cccc3ccccc23)s1. The second-order valence-electron chi connectivity index (χ2n) is 3.96. The van der Waals surface area contributed by atoms with E-state index < -0.39 is 5.24 Å². The minimum atomic E-state index is -0.397. The summed E-state index contributed by atoms with van der Waals surface area (Å²) in [5.74, 6) is 0. The largest absolute Gasteiger partial charge is 0.275 e. The number of hydrogen-bond donors (Lipinski definition) is 0. The normalized spacial score (nSPS) is 10.7. The van der Waals surface area contributed by atoms with E-state index in [1.165, 1.54) is 22.1 Å². The van der Waals surface area contributed by atoms with Crippen molar-refractivity contribution in [3.8, 4) is 10.4 Å². The Hall–Kier alpha value is -1.64. The molecule has 0 unspecified atom stereocenters. The molecule has 0 fully saturated rings. The molecule has 0 amide bonds. The van der Waals surface area contributed by atoms with E-state index in [0.29, 0.717) is 4.88 Å². The Kier molecular flexibility index (Phi) is 2.90. The zero-order valence-electron chi connectivity index (χ0n) is 9.39. The molecule has 0 aliphatic rings. The predicted octanol–water partition coefficient (Wildman–Crippen LogP) is 4.95. The van der Waals surface area contributed by atoms with Crippen LogP contribution in [0.4, 0.5) is 0 Å². The lowest BCUT2D eigenvalue weighted by atomic mass is 10.0. The molecule has 3 heteroatoms. The van der Waals surface area contributed by atoms with Gasteiger partial charge in [-0.05, 0) is 40.1 Å². The van der Waals surface area contributed by atoms with Crippen LogP contribution in [0.25, 0.3) is 21.2 Å². The number of fused-ring (bicyclic) bond motifs is 1. The van der Waals surface area contributed by atoms with Crippen LogP contribution in [0.1, 0.15) is 9.67 Å². The smallest absolute Gasteiger partial charge is 0.262 e. The number of hydrogen-bond acceptors (Lipinski definition) is 2. The van der Waals surface area contributed by atoms with E-state index in [0.717, 1.165) is 10.4 Å². The minimum absolute atomic E-state index is 0.397. The molecule has 3 aromatic rings. The van der Waals surface area contributed by atoms with Crippen LogP contribution in [-0.2, 0) is 0 Å². The van der Waals surface area contributed by atoms with Crippen LogP contribution >= 0.6 is 22.9 Å². The van der Waals surface area contributed by atoms with Gasteiger partial charge in [0.05, 0.1) is 4.88 Å². The molecule has 3 rings (SSSR count). The topological polar surface area (TPSA) is 17.1 Å². The van der Waals surface area contributed by atoms with E-state index in [-0.39, 0.29) is 0 Å². The lowest BCUT2D eigenvalue weighted by Gasteiger charge is -2.03. The Labute approximate surface area is 114 Å². The van der Waals surface area contributed by atoms with Crippen molar-refractivity contribution in [2.24, 2.45) is 0 Å². The van der Waals surface area contributed by atoms with Crippen LogP contribution in [0.2, 0.25) is 0 Å². The molecule has 88 valence electrons. The molecule has 0 spiro atoms. The van der Waals surface area contributed by atoms with Crippen molar-refractivity contribution in [3.05, 3.63) is 59.5 Å². The Morgan fingerprint density at radius 1 is 0.944 bits per heavy atom. The first-order chi connectivity index (χ1) is 8.75. The van der Waals surface area contributed by atoms with Crippen LogP contribution < -0.4 is 0 Å². The van der Waals surface area contributed by atoms with E-state index in [1.54, 1.807) is 6.07 Å². The molecule has 0 N–H and O–H groups in total. The number of carbonyl (C=O) groups is 1. The van der Waals surface area contributed by atoms with E-state index in [2.05, 4.69) is 24.3 Å². The van der Waals surface area contributed by atoms with Crippen molar-refractivity contribution in [2.75, 3.05) is 0 Å². The van der Waals surface area contributed by atoms with Gasteiger partial charge in [0.25, 0.3) is 5.24 Å². The maximum absolute atomic E-state index is 11.1. The number of carbonyl (C=O) groups excluding carboxylic acids is 1. The third-order valence-electron chi connectivity index (χ3n) is 2.85. The van der Waals surface area contributed by atoms with Gasteiger partial charge in [0.15, 0.2) is 0 Å². The first-order valence-electron chi connectivity index (χ1n) is 5.53. The van der Waals surface area contributed by atoms with E-state index in [9.17, 15) is 4.79 Å². The summed E-state index contributed by atoms with van der Waals surface area (Å²) in [6.07, 6.45) is 0. The van der Waals surface area contributed by atoms with Crippen molar-refractivity contribution in [3.63, 3.8) is 0 Å². The van der Waals surface area contributed by atoms with E-state index in [4.69, 9.17) is 11.6 Å². The van der Waals surface area contributed by atoms with Gasteiger partial charge in [0.1, 0.15) is 0 Å². The van der Waals surface area contributed by atoms with Crippen LogP contribution in [0.5, 0.6) is 0 Å². The van der Waals surface area contributed by atoms with Crippen molar-refractivity contribution in [2.45, 2.75) is 0 Å². The second-order valence-corrected chi connectivity index (χ2v) is 5.39. The third-order valence-corrected chi connectivity index (χ3v) is 4.29. The second kappa shape index (κ2) is 4.56. The standard InChI is InChI=1S/C15H9ClOS/c16-15(17)14-9-8-13(18-14)12-7-3-5-10-4-1-2-6-11(10)12/h1-9H. The molecule has 1 nitrogen and oxygen atoms in total. The summed E-state index contributed by atoms with van der Waals surface area (Å²) >= 11 is 6.92. The summed E-state index contributed by atoms with van der Waals surface area (Å²) < 4.78 is 0. The first kappa shape index (κ1) is 11.5. The predicted molar refractivity (Wildman–Crippen MR) is 77.4 cm³/mol. The molecular formula is C15H9ClOS. The van der Waals surface area contributed by atoms with Gasteiger partial charge in [0, 0.05) is 4.88 Å². The van der Waals surface area contributed by atoms with Gasteiger partial charge in [-0.2, -0.15) is 0 Å². The lowest BCUT2D eigenvalue weighted by Crippen LogP contribution is -1.79. The Morgan fingerprint density at radius 2 is 1.72 bits per heavy atom. The van der Waals surface area contributed by atoms with Crippen LogP contribution in [0.3, 0.4) is 0 Å². The Balaban J connectivity index is 2.21. The molecule has 1 heterocycles. The summed E-state index contributed by atoms with van der Waals surface area (Å²) in [7, 11) is 0. The van der Waals surface area contributed by atoms with E-state index >= 15 is 0 Å². The highest BCUT2D eigenvalue weighted by atomic mass is 35.5. The van der Waals surface area contributed by atoms with Crippen molar-refractivity contribution in [1.82, 2.24) is 0 Å². The van der Waals surface area contributed by atoms with Crippen LogP contribution in [0, 0.1) is 0 Å². The monoisotopic (exact) mass is 272 g/mol. The van der Waals surface area contributed by atoms with Crippen LogP contribution in [-0.4, -0.2) is 5.24 Å². The first-order valence-corrected chi connectivity index (χ1v) is 6.73. The molecule has 0 saturated heterocycles. The third kappa shape index (κ3) is 1.94. The van der Waals surface area contributed by atoms with Gasteiger partial charge in [-0.3, -0.25) is 4.79 Å². The van der Waals surface area contributed by atoms with Crippen molar-refractivity contribution in [1.29, 1.82) is 0 Å². The van der Waals surface area contributed by atoms with Crippen LogP contribution in [0.15, 0.2) is 54.6 Å². The summed E-state index contributed by atoms with van der Waals surface area (Å²) in [4.78, 5) is 12.8. The highest BCUT2D eigenvalue weighted by Gasteiger charge is 2.09. The number of halogens is 1. The summed E-state index contributed by atoms with van der Waals surface area (Å²) in [6, 6.07) is 18.1. The van der Waals surface area contributed by atoms with Gasteiger partial charge in [-0.25, -0.2) is 0 Å². The number of benzene rings is 2. The fraction of sp³-hybridized carbons (Fsp3) is 0. The molecule has 2 aromatic carbocycles. The Morgan fingerprint density at radius 3 is 2.50 bits per heavy atom. The summed E-state index contributed by atoms with van der Waals surface area (Å²) in [6.45, 7) is 0. The van der Waals surface area contributed by atoms with Gasteiger partial charge in [-0.1, -0.05) is 42.5 Å². The maximum atomic E-state index is 11.1. The van der Waals surface area contributed by atoms with Gasteiger partial charge in [-0.15, -0.1) is 11.3 Å². The molecule has 0 saturated carbocycles. The molecule has 0 bridgehead atoms. The Bertz CT molecular complexity index is 725. The lowest BCUT2D eigenvalue weighted by molar-refractivity contribution is 0.108. The fourth-order valence-corrected chi connectivity index (χ4v) is 3.08. The number of rotatable bonds is 2. The average molecular weight is 273 g/mol. The quantitative estimate of drug-likeness (QED) is 0.604. The van der Waals surface area contributed by atoms with Gasteiger partial charge in [0.2, 0.25) is 0 Å². The molecule has 1 aromatic heterocycles. The molecule has 18 heavy (non-hydrogen) atoms. The molecule has 0 aliphatic carbocycles. The van der Waals surface area contributed by atoms with E-state index in [1.807, 2.05) is 24.3 Å². The minimum Gasteiger partial charge on any atom is -0.275 e. The maximum Gasteiger partial charge on any atom is 0.262 e. The zero-order chi connectivity index (χ0) is 12.5. The highest BCUT2D eigenvalue weighted by Crippen LogP contribution is 2.33. The van der Waals surface area contributed by atoms with Gasteiger partial charge >= 0.3 is 0 Å². The van der Waals surface area contributed by atoms with Gasteiger partial charge < -0.3 is 0 Å². The fourth-order valence-electron chi connectivity index (χ4n) is 2.03. The summed E-state index contributed by atoms with van der Waals surface area (Å²) in [5, 5.41) is 1.99. The van der Waals surface area contributed by atoms with Crippen molar-refractivity contribution >= 4 is 39.0 Å². The zero-order valence-corrected chi connectivity index (χ0v) is 11.0. The molecule has 0 atom stereocenters. The number of thiophene rings is 1. The van der Waals surface area contributed by atoms with Crippen molar-refractivity contribution < 1.29 is 4.79 Å². The molecule has 0 aliphatic heterocycles. The summed E-state index contributed by atoms with van der Waals surface area (Å²) in [5.41, 5.74) is 1.14. The molecular weight excluding hydrogens is 264 g/mol.